The maximum absolute atomic E-state index is 11.3. The molecule has 15 heavy (non-hydrogen) atoms. The zero-order valence-electron chi connectivity index (χ0n) is 8.65. The predicted molar refractivity (Wildman–Crippen MR) is 57.8 cm³/mol. The fourth-order valence-electron chi connectivity index (χ4n) is 1.58. The number of nitrogens with zero attached hydrogens (tertiary/aromatic N) is 1. The van der Waals surface area contributed by atoms with Crippen LogP contribution in [0.2, 0.25) is 0 Å². The maximum atomic E-state index is 11.3. The number of esters is 1. The predicted octanol–water partition coefficient (Wildman–Crippen LogP) is 2.33. The van der Waals surface area contributed by atoms with E-state index in [0.717, 1.165) is 16.5 Å². The second-order valence-corrected chi connectivity index (χ2v) is 3.31. The third-order valence-electron chi connectivity index (χ3n) is 2.33. The van der Waals surface area contributed by atoms with Crippen LogP contribution in [0.1, 0.15) is 16.2 Å². The number of aryl methyl sites for hydroxylation is 1. The molecule has 0 aliphatic rings. The highest BCUT2D eigenvalue weighted by Crippen LogP contribution is 2.17. The standard InChI is InChI=1S/C12H11NO2/c1-8-10-6-4-3-5-9(10)7-11(13-8)12(14)15-2/h3-7H,1-2H3. The van der Waals surface area contributed by atoms with Crippen molar-refractivity contribution in [2.75, 3.05) is 7.11 Å². The van der Waals surface area contributed by atoms with Gasteiger partial charge in [-0.25, -0.2) is 9.78 Å². The van der Waals surface area contributed by atoms with Crippen LogP contribution in [0.15, 0.2) is 30.3 Å². The number of ether oxygens (including phenoxy) is 1. The molecular formula is C12H11NO2. The number of pyridine rings is 1. The van der Waals surface area contributed by atoms with Crippen molar-refractivity contribution < 1.29 is 9.53 Å². The number of hydrogen-bond acceptors (Lipinski definition) is 3. The SMILES string of the molecule is COC(=O)c1cc2ccccc2c(C)n1. The second kappa shape index (κ2) is 3.69. The summed E-state index contributed by atoms with van der Waals surface area (Å²) in [5, 5.41) is 2.07. The van der Waals surface area contributed by atoms with Gasteiger partial charge in [0, 0.05) is 11.1 Å². The summed E-state index contributed by atoms with van der Waals surface area (Å²) in [5.41, 5.74) is 1.20. The number of fused-ring (bicyclic) bond motifs is 1. The van der Waals surface area contributed by atoms with E-state index in [1.807, 2.05) is 31.2 Å². The molecule has 0 radical (unpaired) electrons. The van der Waals surface area contributed by atoms with E-state index in [4.69, 9.17) is 0 Å². The molecule has 0 unspecified atom stereocenters. The van der Waals surface area contributed by atoms with Crippen LogP contribution in [0.5, 0.6) is 0 Å². The first-order chi connectivity index (χ1) is 7.22. The first-order valence-electron chi connectivity index (χ1n) is 4.67. The highest BCUT2D eigenvalue weighted by Gasteiger charge is 2.09. The molecule has 0 amide bonds. The minimum atomic E-state index is -0.399. The van der Waals surface area contributed by atoms with E-state index < -0.39 is 5.97 Å². The Bertz CT molecular complexity index is 520. The van der Waals surface area contributed by atoms with E-state index >= 15 is 0 Å². The van der Waals surface area contributed by atoms with Gasteiger partial charge in [0.05, 0.1) is 7.11 Å². The van der Waals surface area contributed by atoms with E-state index in [9.17, 15) is 4.79 Å². The van der Waals surface area contributed by atoms with Crippen molar-refractivity contribution in [1.29, 1.82) is 0 Å². The fourth-order valence-corrected chi connectivity index (χ4v) is 1.58. The van der Waals surface area contributed by atoms with Crippen LogP contribution >= 0.6 is 0 Å². The smallest absolute Gasteiger partial charge is 0.356 e. The van der Waals surface area contributed by atoms with Gasteiger partial charge in [-0.3, -0.25) is 0 Å². The number of methoxy groups -OCH3 is 1. The topological polar surface area (TPSA) is 39.2 Å². The van der Waals surface area contributed by atoms with Crippen LogP contribution in [0.4, 0.5) is 0 Å². The molecule has 0 atom stereocenters. The minimum absolute atomic E-state index is 0.355. The summed E-state index contributed by atoms with van der Waals surface area (Å²) in [6.07, 6.45) is 0. The van der Waals surface area contributed by atoms with Gasteiger partial charge in [0.25, 0.3) is 0 Å². The fraction of sp³-hybridized carbons (Fsp3) is 0.167. The Hall–Kier alpha value is -1.90. The largest absolute Gasteiger partial charge is 0.464 e. The van der Waals surface area contributed by atoms with Crippen LogP contribution in [-0.4, -0.2) is 18.1 Å². The molecule has 0 N–H and O–H groups in total. The Balaban J connectivity index is 2.67. The first kappa shape index (κ1) is 9.65. The van der Waals surface area contributed by atoms with Crippen molar-refractivity contribution >= 4 is 16.7 Å². The quantitative estimate of drug-likeness (QED) is 0.665. The van der Waals surface area contributed by atoms with Gasteiger partial charge in [-0.15, -0.1) is 0 Å². The van der Waals surface area contributed by atoms with Gasteiger partial charge < -0.3 is 4.74 Å². The van der Waals surface area contributed by atoms with Gasteiger partial charge in [0.15, 0.2) is 0 Å². The molecule has 0 saturated carbocycles. The zero-order chi connectivity index (χ0) is 10.8. The summed E-state index contributed by atoms with van der Waals surface area (Å²) in [6, 6.07) is 9.57. The third-order valence-corrected chi connectivity index (χ3v) is 2.33. The molecule has 0 bridgehead atoms. The summed E-state index contributed by atoms with van der Waals surface area (Å²) in [6.45, 7) is 1.88. The first-order valence-corrected chi connectivity index (χ1v) is 4.67. The lowest BCUT2D eigenvalue weighted by atomic mass is 10.1. The molecule has 0 spiro atoms. The summed E-state index contributed by atoms with van der Waals surface area (Å²) in [7, 11) is 1.36. The van der Waals surface area contributed by atoms with Gasteiger partial charge in [0.1, 0.15) is 5.69 Å². The van der Waals surface area contributed by atoms with Gasteiger partial charge in [-0.2, -0.15) is 0 Å². The molecule has 76 valence electrons. The van der Waals surface area contributed by atoms with Gasteiger partial charge in [-0.05, 0) is 18.4 Å². The molecule has 0 aliphatic heterocycles. The van der Waals surface area contributed by atoms with Crippen LogP contribution in [0, 0.1) is 6.92 Å². The number of hydrogen-bond donors (Lipinski definition) is 0. The van der Waals surface area contributed by atoms with E-state index in [1.54, 1.807) is 6.07 Å². The average molecular weight is 201 g/mol. The van der Waals surface area contributed by atoms with Crippen LogP contribution in [0.3, 0.4) is 0 Å². The van der Waals surface area contributed by atoms with Crippen molar-refractivity contribution in [3.05, 3.63) is 41.7 Å². The van der Waals surface area contributed by atoms with Crippen LogP contribution in [0.25, 0.3) is 10.8 Å². The molecule has 0 fully saturated rings. The highest BCUT2D eigenvalue weighted by molar-refractivity contribution is 5.94. The molecule has 1 aromatic heterocycles. The van der Waals surface area contributed by atoms with Gasteiger partial charge in [0.2, 0.25) is 0 Å². The van der Waals surface area contributed by atoms with Crippen molar-refractivity contribution in [2.45, 2.75) is 6.92 Å². The molecule has 1 aromatic carbocycles. The van der Waals surface area contributed by atoms with E-state index in [1.165, 1.54) is 7.11 Å². The highest BCUT2D eigenvalue weighted by atomic mass is 16.5. The maximum Gasteiger partial charge on any atom is 0.356 e. The van der Waals surface area contributed by atoms with Crippen molar-refractivity contribution in [3.63, 3.8) is 0 Å². The average Bonchev–Trinajstić information content (AvgIpc) is 2.28. The lowest BCUT2D eigenvalue weighted by molar-refractivity contribution is 0.0594. The molecule has 2 aromatic rings. The monoisotopic (exact) mass is 201 g/mol. The molecule has 3 heteroatoms. The van der Waals surface area contributed by atoms with Crippen molar-refractivity contribution in [2.24, 2.45) is 0 Å². The molecule has 0 saturated heterocycles. The second-order valence-electron chi connectivity index (χ2n) is 3.31. The molecule has 1 heterocycles. The Morgan fingerprint density at radius 2 is 2.07 bits per heavy atom. The molecule has 2 rings (SSSR count). The van der Waals surface area contributed by atoms with Crippen molar-refractivity contribution in [1.82, 2.24) is 4.98 Å². The Morgan fingerprint density at radius 3 is 2.80 bits per heavy atom. The summed E-state index contributed by atoms with van der Waals surface area (Å²) < 4.78 is 4.64. The van der Waals surface area contributed by atoms with E-state index in [0.29, 0.717) is 5.69 Å². The number of carbonyl (C=O) groups excluding carboxylic acids is 1. The Morgan fingerprint density at radius 1 is 1.33 bits per heavy atom. The summed E-state index contributed by atoms with van der Waals surface area (Å²) >= 11 is 0. The Labute approximate surface area is 87.7 Å². The van der Waals surface area contributed by atoms with Crippen LogP contribution < -0.4 is 0 Å². The van der Waals surface area contributed by atoms with Gasteiger partial charge in [-0.1, -0.05) is 24.3 Å². The number of carbonyl (C=O) groups is 1. The normalized spacial score (nSPS) is 10.3. The summed E-state index contributed by atoms with van der Waals surface area (Å²) in [5.74, 6) is -0.399. The van der Waals surface area contributed by atoms with E-state index in [-0.39, 0.29) is 0 Å². The number of aromatic nitrogens is 1. The van der Waals surface area contributed by atoms with Gasteiger partial charge >= 0.3 is 5.97 Å². The molecule has 3 nitrogen and oxygen atoms in total. The number of benzene rings is 1. The van der Waals surface area contributed by atoms with Crippen LogP contribution in [-0.2, 0) is 4.74 Å². The minimum Gasteiger partial charge on any atom is -0.464 e. The lowest BCUT2D eigenvalue weighted by Crippen LogP contribution is -2.05. The Kier molecular flexibility index (Phi) is 2.37. The number of rotatable bonds is 1. The van der Waals surface area contributed by atoms with E-state index in [2.05, 4.69) is 9.72 Å². The lowest BCUT2D eigenvalue weighted by Gasteiger charge is -2.04. The summed E-state index contributed by atoms with van der Waals surface area (Å²) in [4.78, 5) is 15.5. The molecule has 0 aliphatic carbocycles. The van der Waals surface area contributed by atoms with Crippen molar-refractivity contribution in [3.8, 4) is 0 Å². The third kappa shape index (κ3) is 1.68. The molecular weight excluding hydrogens is 190 g/mol. The zero-order valence-corrected chi connectivity index (χ0v) is 8.65.